The third kappa shape index (κ3) is 8.07. The highest BCUT2D eigenvalue weighted by atomic mass is 16.6. The Kier molecular flexibility index (Phi) is 10.1. The molecule has 0 spiro atoms. The molecular weight excluding hydrogens is 498 g/mol. The van der Waals surface area contributed by atoms with E-state index in [4.69, 9.17) is 4.74 Å². The number of H-pyrrole nitrogens is 1. The Morgan fingerprint density at radius 3 is 2.62 bits per heavy atom. The van der Waals surface area contributed by atoms with Crippen LogP contribution in [0.1, 0.15) is 37.9 Å². The van der Waals surface area contributed by atoms with Crippen molar-refractivity contribution in [2.24, 2.45) is 5.92 Å². The lowest BCUT2D eigenvalue weighted by atomic mass is 10.0. The fraction of sp³-hybridized carbons (Fsp3) is 0.379. The molecule has 0 bridgehead atoms. The summed E-state index contributed by atoms with van der Waals surface area (Å²) < 4.78 is 6.85. The number of carbonyl (C=O) groups excluding carboxylic acids is 3. The standard InChI is InChI=1S/C29H37N5O5/c1-19(2)16-20-10-8-11-21-17-22(31-26(20)21)18-34-15-9-12-23(28(34)37)32-27(36)24(39-29(38)33(4)5)13-6-7-14-25(35)30-3/h7-12,14-15,17,19,24,31H,6,13,16,18H2,1-5H3,(H,30,35)(H,32,36). The zero-order chi connectivity index (χ0) is 28.5. The molecule has 10 heteroatoms. The minimum Gasteiger partial charge on any atom is -0.436 e. The van der Waals surface area contributed by atoms with Crippen molar-refractivity contribution in [1.82, 2.24) is 19.8 Å². The summed E-state index contributed by atoms with van der Waals surface area (Å²) in [4.78, 5) is 54.5. The normalized spacial score (nSPS) is 12.1. The van der Waals surface area contributed by atoms with Gasteiger partial charge in [0.25, 0.3) is 11.5 Å². The van der Waals surface area contributed by atoms with Crippen LogP contribution in [0.4, 0.5) is 10.5 Å². The van der Waals surface area contributed by atoms with Gasteiger partial charge >= 0.3 is 6.09 Å². The van der Waals surface area contributed by atoms with E-state index in [1.165, 1.54) is 48.3 Å². The van der Waals surface area contributed by atoms with Gasteiger partial charge in [0.2, 0.25) is 5.91 Å². The van der Waals surface area contributed by atoms with E-state index in [-0.39, 0.29) is 23.6 Å². The summed E-state index contributed by atoms with van der Waals surface area (Å²) in [5, 5.41) is 6.16. The number of amides is 3. The highest BCUT2D eigenvalue weighted by Crippen LogP contribution is 2.22. The molecule has 0 saturated heterocycles. The number of rotatable bonds is 11. The van der Waals surface area contributed by atoms with Gasteiger partial charge < -0.3 is 29.8 Å². The molecule has 208 valence electrons. The van der Waals surface area contributed by atoms with E-state index in [2.05, 4.69) is 35.5 Å². The van der Waals surface area contributed by atoms with Crippen LogP contribution in [0.15, 0.2) is 59.5 Å². The summed E-state index contributed by atoms with van der Waals surface area (Å²) in [6.07, 6.45) is 4.13. The minimum absolute atomic E-state index is 0.0749. The summed E-state index contributed by atoms with van der Waals surface area (Å²) in [5.41, 5.74) is 2.85. The van der Waals surface area contributed by atoms with Crippen molar-refractivity contribution in [1.29, 1.82) is 0 Å². The molecule has 1 unspecified atom stereocenters. The average molecular weight is 536 g/mol. The molecule has 0 aliphatic heterocycles. The first-order chi connectivity index (χ1) is 18.6. The number of nitrogens with zero attached hydrogens (tertiary/aromatic N) is 2. The fourth-order valence-electron chi connectivity index (χ4n) is 4.12. The molecule has 1 atom stereocenters. The van der Waals surface area contributed by atoms with Crippen LogP contribution in [-0.4, -0.2) is 59.6 Å². The molecule has 3 rings (SSSR count). The van der Waals surface area contributed by atoms with E-state index in [1.807, 2.05) is 18.2 Å². The minimum atomic E-state index is -1.16. The van der Waals surface area contributed by atoms with E-state index in [1.54, 1.807) is 18.3 Å². The number of anilines is 1. The van der Waals surface area contributed by atoms with Crippen LogP contribution in [0, 0.1) is 5.92 Å². The van der Waals surface area contributed by atoms with Gasteiger partial charge in [-0.1, -0.05) is 38.1 Å². The molecular formula is C29H37N5O5. The van der Waals surface area contributed by atoms with Gasteiger partial charge in [0.1, 0.15) is 5.69 Å². The van der Waals surface area contributed by atoms with E-state index in [0.29, 0.717) is 18.9 Å². The average Bonchev–Trinajstić information content (AvgIpc) is 3.31. The number of hydrogen-bond acceptors (Lipinski definition) is 5. The molecule has 0 fully saturated rings. The van der Waals surface area contributed by atoms with Crippen LogP contribution < -0.4 is 16.2 Å². The van der Waals surface area contributed by atoms with E-state index in [0.717, 1.165) is 23.0 Å². The Morgan fingerprint density at radius 1 is 1.15 bits per heavy atom. The second kappa shape index (κ2) is 13.5. The topological polar surface area (TPSA) is 126 Å². The molecule has 2 aromatic heterocycles. The largest absolute Gasteiger partial charge is 0.436 e. The number of carbonyl (C=O) groups is 3. The maximum absolute atomic E-state index is 13.2. The quantitative estimate of drug-likeness (QED) is 0.323. The molecule has 3 amide bonds. The van der Waals surface area contributed by atoms with Gasteiger partial charge in [0.05, 0.1) is 6.54 Å². The number of hydrogen-bond donors (Lipinski definition) is 3. The van der Waals surface area contributed by atoms with Crippen LogP contribution in [0.3, 0.4) is 0 Å². The lowest BCUT2D eigenvalue weighted by Crippen LogP contribution is -2.37. The summed E-state index contributed by atoms with van der Waals surface area (Å²) in [5.74, 6) is -0.396. The first kappa shape index (κ1) is 29.2. The molecule has 1 aromatic carbocycles. The van der Waals surface area contributed by atoms with Gasteiger partial charge in [-0.05, 0) is 60.4 Å². The van der Waals surface area contributed by atoms with Gasteiger partial charge in [-0.3, -0.25) is 14.4 Å². The molecule has 0 aliphatic carbocycles. The lowest BCUT2D eigenvalue weighted by Gasteiger charge is -2.19. The van der Waals surface area contributed by atoms with Crippen molar-refractivity contribution in [2.45, 2.75) is 45.8 Å². The summed E-state index contributed by atoms with van der Waals surface area (Å²) >= 11 is 0. The SMILES string of the molecule is CNC(=O)C=CCCC(OC(=O)N(C)C)C(=O)Nc1cccn(Cc2cc3cccc(CC(C)C)c3[nH]2)c1=O. The van der Waals surface area contributed by atoms with Crippen molar-refractivity contribution < 1.29 is 19.1 Å². The Hall–Kier alpha value is -4.34. The molecule has 0 radical (unpaired) electrons. The molecule has 0 saturated carbocycles. The second-order valence-corrected chi connectivity index (χ2v) is 9.98. The number of likely N-dealkylation sites (N-methyl/N-ethyl adjacent to an activating group) is 1. The van der Waals surface area contributed by atoms with Crippen molar-refractivity contribution in [3.05, 3.63) is 76.4 Å². The zero-order valence-electron chi connectivity index (χ0n) is 23.1. The zero-order valence-corrected chi connectivity index (χ0v) is 23.1. The number of pyridine rings is 1. The Balaban J connectivity index is 1.77. The highest BCUT2D eigenvalue weighted by Gasteiger charge is 2.24. The van der Waals surface area contributed by atoms with Crippen molar-refractivity contribution in [2.75, 3.05) is 26.5 Å². The predicted octanol–water partition coefficient (Wildman–Crippen LogP) is 3.66. The van der Waals surface area contributed by atoms with Gasteiger partial charge in [0, 0.05) is 38.6 Å². The molecule has 3 aromatic rings. The number of aromatic amines is 1. The van der Waals surface area contributed by atoms with E-state index >= 15 is 0 Å². The molecule has 39 heavy (non-hydrogen) atoms. The number of fused-ring (bicyclic) bond motifs is 1. The third-order valence-electron chi connectivity index (χ3n) is 6.06. The van der Waals surface area contributed by atoms with Crippen molar-refractivity contribution >= 4 is 34.5 Å². The summed E-state index contributed by atoms with van der Waals surface area (Å²) in [6, 6.07) is 11.4. The number of aromatic nitrogens is 2. The summed E-state index contributed by atoms with van der Waals surface area (Å²) in [7, 11) is 4.53. The number of allylic oxidation sites excluding steroid dienone is 1. The van der Waals surface area contributed by atoms with Crippen molar-refractivity contribution in [3.8, 4) is 0 Å². The molecule has 2 heterocycles. The number of para-hydroxylation sites is 1. The number of benzene rings is 1. The monoisotopic (exact) mass is 535 g/mol. The molecule has 3 N–H and O–H groups in total. The van der Waals surface area contributed by atoms with Crippen LogP contribution in [0.25, 0.3) is 10.9 Å². The third-order valence-corrected chi connectivity index (χ3v) is 6.06. The van der Waals surface area contributed by atoms with Crippen LogP contribution in [-0.2, 0) is 27.3 Å². The summed E-state index contributed by atoms with van der Waals surface area (Å²) in [6.45, 7) is 4.65. The first-order valence-corrected chi connectivity index (χ1v) is 12.9. The maximum Gasteiger partial charge on any atom is 0.410 e. The Labute approximate surface area is 228 Å². The van der Waals surface area contributed by atoms with Crippen LogP contribution >= 0.6 is 0 Å². The van der Waals surface area contributed by atoms with Crippen LogP contribution in [0.2, 0.25) is 0 Å². The highest BCUT2D eigenvalue weighted by molar-refractivity contribution is 5.95. The maximum atomic E-state index is 13.2. The Bertz CT molecular complexity index is 1400. The second-order valence-electron chi connectivity index (χ2n) is 9.98. The molecule has 10 nitrogen and oxygen atoms in total. The first-order valence-electron chi connectivity index (χ1n) is 12.9. The lowest BCUT2D eigenvalue weighted by molar-refractivity contribution is -0.125. The smallest absolute Gasteiger partial charge is 0.410 e. The van der Waals surface area contributed by atoms with Gasteiger partial charge in [-0.25, -0.2) is 4.79 Å². The number of ether oxygens (including phenoxy) is 1. The van der Waals surface area contributed by atoms with Gasteiger partial charge in [-0.2, -0.15) is 0 Å². The molecule has 0 aliphatic rings. The van der Waals surface area contributed by atoms with Gasteiger partial charge in [-0.15, -0.1) is 0 Å². The van der Waals surface area contributed by atoms with E-state index in [9.17, 15) is 19.2 Å². The fourth-order valence-corrected chi connectivity index (χ4v) is 4.12. The number of nitrogens with one attached hydrogen (secondary N) is 3. The van der Waals surface area contributed by atoms with E-state index < -0.39 is 18.1 Å². The van der Waals surface area contributed by atoms with Gasteiger partial charge in [0.15, 0.2) is 6.10 Å². The van der Waals surface area contributed by atoms with Crippen LogP contribution in [0.5, 0.6) is 0 Å². The van der Waals surface area contributed by atoms with Crippen molar-refractivity contribution in [3.63, 3.8) is 0 Å². The predicted molar refractivity (Wildman–Crippen MR) is 152 cm³/mol. The Morgan fingerprint density at radius 2 is 1.92 bits per heavy atom.